The van der Waals surface area contributed by atoms with Gasteiger partial charge < -0.3 is 37.6 Å². The largest absolute Gasteiger partial charge is 0.497 e. The third-order valence-electron chi connectivity index (χ3n) is 7.75. The van der Waals surface area contributed by atoms with Gasteiger partial charge >= 0.3 is 0 Å². The van der Waals surface area contributed by atoms with Crippen LogP contribution in [0.5, 0.6) is 40.2 Å². The first-order valence-electron chi connectivity index (χ1n) is 15.7. The van der Waals surface area contributed by atoms with Crippen molar-refractivity contribution in [3.05, 3.63) is 70.1 Å². The van der Waals surface area contributed by atoms with Crippen molar-refractivity contribution in [2.45, 2.75) is 31.3 Å². The van der Waals surface area contributed by atoms with Crippen molar-refractivity contribution < 1.29 is 37.6 Å². The van der Waals surface area contributed by atoms with E-state index in [9.17, 15) is 4.79 Å². The van der Waals surface area contributed by atoms with Gasteiger partial charge in [-0.05, 0) is 68.1 Å². The van der Waals surface area contributed by atoms with Crippen molar-refractivity contribution in [3.8, 4) is 51.6 Å². The summed E-state index contributed by atoms with van der Waals surface area (Å²) in [5.74, 6) is 4.50. The molecule has 264 valence electrons. The third kappa shape index (κ3) is 7.91. The smallest absolute Gasteiger partial charge is 0.239 e. The van der Waals surface area contributed by atoms with Crippen LogP contribution in [0.3, 0.4) is 0 Å². The molecule has 3 aromatic carbocycles. The minimum absolute atomic E-state index is 0.0444. The van der Waals surface area contributed by atoms with E-state index in [0.717, 1.165) is 29.9 Å². The SMILES string of the molecule is COc1ccc(C=Nn2c(C)nnc2SCCCCCOc2c(-c3cc(OC)c(OC)c(OC)c3)oc3cc(OC)cc(OC)c3c2=O)cc1. The summed E-state index contributed by atoms with van der Waals surface area (Å²) in [5, 5.41) is 14.0. The number of rotatable bonds is 17. The van der Waals surface area contributed by atoms with E-state index in [4.69, 9.17) is 37.6 Å². The summed E-state index contributed by atoms with van der Waals surface area (Å²) in [6.45, 7) is 2.14. The minimum atomic E-state index is -0.380. The molecule has 50 heavy (non-hydrogen) atoms. The van der Waals surface area contributed by atoms with Crippen molar-refractivity contribution in [1.29, 1.82) is 0 Å². The third-order valence-corrected chi connectivity index (χ3v) is 8.75. The van der Waals surface area contributed by atoms with Crippen LogP contribution in [0.2, 0.25) is 0 Å². The molecule has 0 N–H and O–H groups in total. The maximum atomic E-state index is 14.0. The molecule has 0 fully saturated rings. The van der Waals surface area contributed by atoms with Crippen molar-refractivity contribution in [3.63, 3.8) is 0 Å². The number of hydrogen-bond donors (Lipinski definition) is 0. The van der Waals surface area contributed by atoms with Crippen LogP contribution in [0.1, 0.15) is 30.7 Å². The Bertz CT molecular complexity index is 1980. The minimum Gasteiger partial charge on any atom is -0.497 e. The van der Waals surface area contributed by atoms with E-state index >= 15 is 0 Å². The van der Waals surface area contributed by atoms with Crippen LogP contribution >= 0.6 is 11.8 Å². The molecule has 5 rings (SSSR count). The Morgan fingerprint density at radius 1 is 0.780 bits per heavy atom. The van der Waals surface area contributed by atoms with E-state index in [1.165, 1.54) is 35.5 Å². The Labute approximate surface area is 294 Å². The van der Waals surface area contributed by atoms with Crippen LogP contribution in [0.25, 0.3) is 22.3 Å². The van der Waals surface area contributed by atoms with Crippen molar-refractivity contribution in [2.75, 3.05) is 55.0 Å². The highest BCUT2D eigenvalue weighted by Crippen LogP contribution is 2.44. The number of aromatic nitrogens is 3. The number of thioether (sulfide) groups is 1. The highest BCUT2D eigenvalue weighted by molar-refractivity contribution is 7.99. The zero-order valence-electron chi connectivity index (χ0n) is 29.1. The van der Waals surface area contributed by atoms with Crippen LogP contribution in [0.15, 0.2) is 68.0 Å². The molecule has 0 aliphatic rings. The van der Waals surface area contributed by atoms with Crippen molar-refractivity contribution >= 4 is 28.9 Å². The van der Waals surface area contributed by atoms with Crippen LogP contribution in [0, 0.1) is 6.92 Å². The number of methoxy groups -OCH3 is 6. The average molecular weight is 705 g/mol. The number of unbranched alkanes of at least 4 members (excludes halogenated alkanes) is 2. The Hall–Kier alpha value is -5.37. The van der Waals surface area contributed by atoms with Gasteiger partial charge in [0, 0.05) is 23.4 Å². The molecule has 0 bridgehead atoms. The maximum Gasteiger partial charge on any atom is 0.239 e. The first kappa shape index (κ1) is 35.9. The lowest BCUT2D eigenvalue weighted by Gasteiger charge is -2.17. The first-order valence-corrected chi connectivity index (χ1v) is 16.7. The Balaban J connectivity index is 1.30. The molecule has 0 saturated carbocycles. The van der Waals surface area contributed by atoms with Gasteiger partial charge in [-0.15, -0.1) is 10.2 Å². The van der Waals surface area contributed by atoms with Gasteiger partial charge in [-0.25, -0.2) is 0 Å². The summed E-state index contributed by atoms with van der Waals surface area (Å²) in [4.78, 5) is 14.0. The van der Waals surface area contributed by atoms with E-state index in [0.29, 0.717) is 51.7 Å². The van der Waals surface area contributed by atoms with E-state index in [2.05, 4.69) is 15.3 Å². The highest BCUT2D eigenvalue weighted by atomic mass is 32.2. The van der Waals surface area contributed by atoms with Gasteiger partial charge in [-0.1, -0.05) is 11.8 Å². The Morgan fingerprint density at radius 2 is 1.48 bits per heavy atom. The fourth-order valence-electron chi connectivity index (χ4n) is 5.15. The molecule has 0 amide bonds. The second-order valence-corrected chi connectivity index (χ2v) is 11.9. The van der Waals surface area contributed by atoms with Crippen LogP contribution in [-0.4, -0.2) is 76.1 Å². The molecule has 0 atom stereocenters. The fourth-order valence-corrected chi connectivity index (χ4v) is 6.08. The zero-order valence-corrected chi connectivity index (χ0v) is 29.9. The summed E-state index contributed by atoms with van der Waals surface area (Å²) in [6.07, 6.45) is 4.17. The van der Waals surface area contributed by atoms with Gasteiger partial charge in [0.25, 0.3) is 0 Å². The molecular formula is C36H40N4O9S. The molecule has 0 aliphatic heterocycles. The van der Waals surface area contributed by atoms with Crippen molar-refractivity contribution in [1.82, 2.24) is 14.9 Å². The molecule has 5 aromatic rings. The van der Waals surface area contributed by atoms with Gasteiger partial charge in [0.05, 0.1) is 55.5 Å². The fraction of sp³-hybridized carbons (Fsp3) is 0.333. The molecular weight excluding hydrogens is 664 g/mol. The average Bonchev–Trinajstić information content (AvgIpc) is 3.51. The Morgan fingerprint density at radius 3 is 2.12 bits per heavy atom. The summed E-state index contributed by atoms with van der Waals surface area (Å²) in [6, 6.07) is 14.3. The van der Waals surface area contributed by atoms with E-state index in [1.807, 2.05) is 31.2 Å². The van der Waals surface area contributed by atoms with Gasteiger partial charge in [0.15, 0.2) is 23.1 Å². The highest BCUT2D eigenvalue weighted by Gasteiger charge is 2.24. The molecule has 0 unspecified atom stereocenters. The van der Waals surface area contributed by atoms with Gasteiger partial charge in [-0.2, -0.15) is 9.78 Å². The second kappa shape index (κ2) is 16.8. The molecule has 0 aliphatic carbocycles. The van der Waals surface area contributed by atoms with E-state index in [1.54, 1.807) is 54.0 Å². The number of aryl methyl sites for hydroxylation is 1. The first-order chi connectivity index (χ1) is 24.3. The quantitative estimate of drug-likeness (QED) is 0.0583. The molecule has 2 heterocycles. The van der Waals surface area contributed by atoms with Crippen molar-refractivity contribution in [2.24, 2.45) is 5.10 Å². The lowest BCUT2D eigenvalue weighted by molar-refractivity contribution is 0.298. The molecule has 0 spiro atoms. The normalized spacial score (nSPS) is 11.2. The summed E-state index contributed by atoms with van der Waals surface area (Å²) in [5.41, 5.74) is 1.33. The molecule has 2 aromatic heterocycles. The zero-order chi connectivity index (χ0) is 35.6. The number of nitrogens with zero attached hydrogens (tertiary/aromatic N) is 4. The monoisotopic (exact) mass is 704 g/mol. The second-order valence-electron chi connectivity index (χ2n) is 10.8. The van der Waals surface area contributed by atoms with Crippen LogP contribution in [-0.2, 0) is 0 Å². The van der Waals surface area contributed by atoms with Crippen LogP contribution in [0.4, 0.5) is 0 Å². The topological polar surface area (TPSA) is 138 Å². The number of benzene rings is 3. The molecule has 0 radical (unpaired) electrons. The molecule has 13 nitrogen and oxygen atoms in total. The van der Waals surface area contributed by atoms with E-state index < -0.39 is 0 Å². The summed E-state index contributed by atoms with van der Waals surface area (Å²) >= 11 is 1.58. The summed E-state index contributed by atoms with van der Waals surface area (Å²) < 4.78 is 47.1. The lowest BCUT2D eigenvalue weighted by atomic mass is 10.1. The predicted octanol–water partition coefficient (Wildman–Crippen LogP) is 6.64. The number of hydrogen-bond acceptors (Lipinski definition) is 13. The Kier molecular flexibility index (Phi) is 12.1. The van der Waals surface area contributed by atoms with E-state index in [-0.39, 0.29) is 34.5 Å². The van der Waals surface area contributed by atoms with Gasteiger partial charge in [-0.3, -0.25) is 4.79 Å². The standard InChI is InChI=1S/C36H40N4O9S/c1-22-38-39-36(40(22)37-21-23-11-13-25(42-2)14-12-23)50-16-10-8-9-15-48-35-32(41)31-27(44-4)19-26(43-3)20-28(31)49-33(35)24-17-29(45-5)34(47-7)30(18-24)46-6/h11-14,17-21H,8-10,15-16H2,1-7H3. The molecule has 14 heteroatoms. The number of fused-ring (bicyclic) bond motifs is 1. The van der Waals surface area contributed by atoms with Gasteiger partial charge in [0.2, 0.25) is 22.1 Å². The maximum absolute atomic E-state index is 14.0. The predicted molar refractivity (Wildman–Crippen MR) is 191 cm³/mol. The molecule has 0 saturated heterocycles. The lowest BCUT2D eigenvalue weighted by Crippen LogP contribution is -2.12. The number of ether oxygens (including phenoxy) is 7. The summed E-state index contributed by atoms with van der Waals surface area (Å²) in [7, 11) is 9.20. The van der Waals surface area contributed by atoms with Gasteiger partial charge in [0.1, 0.15) is 28.2 Å². The van der Waals surface area contributed by atoms with Crippen LogP contribution < -0.4 is 38.6 Å².